The molecule has 0 saturated heterocycles. The number of benzene rings is 1. The number of pyridine rings is 1. The SMILES string of the molecule is CO[C@H]1CN(C)C(=O)c2cc(NC(C)=O)ccc2OC[C@H](C)N(Cc2ccccn2)C[C@@H]1C. The first-order valence-corrected chi connectivity index (χ1v) is 11.2. The molecule has 1 aliphatic rings. The fourth-order valence-electron chi connectivity index (χ4n) is 4.05. The van der Waals surface area contributed by atoms with Crippen LogP contribution < -0.4 is 10.1 Å². The van der Waals surface area contributed by atoms with Crippen LogP contribution in [0.4, 0.5) is 5.69 Å². The number of fused-ring (bicyclic) bond motifs is 1. The summed E-state index contributed by atoms with van der Waals surface area (Å²) in [5.41, 5.74) is 1.96. The first-order valence-electron chi connectivity index (χ1n) is 11.2. The van der Waals surface area contributed by atoms with Crippen molar-refractivity contribution in [3.05, 3.63) is 53.9 Å². The van der Waals surface area contributed by atoms with Gasteiger partial charge in [0.05, 0.1) is 17.4 Å². The molecule has 2 amide bonds. The van der Waals surface area contributed by atoms with Crippen molar-refractivity contribution in [2.45, 2.75) is 39.5 Å². The highest BCUT2D eigenvalue weighted by atomic mass is 16.5. The average molecular weight is 455 g/mol. The monoisotopic (exact) mass is 454 g/mol. The number of hydrogen-bond donors (Lipinski definition) is 1. The highest BCUT2D eigenvalue weighted by Gasteiger charge is 2.28. The minimum Gasteiger partial charge on any atom is -0.491 e. The fraction of sp³-hybridized carbons (Fsp3) is 0.480. The van der Waals surface area contributed by atoms with E-state index in [0.717, 1.165) is 12.2 Å². The van der Waals surface area contributed by atoms with Crippen molar-refractivity contribution in [3.8, 4) is 5.75 Å². The molecule has 1 aromatic carbocycles. The van der Waals surface area contributed by atoms with E-state index < -0.39 is 0 Å². The summed E-state index contributed by atoms with van der Waals surface area (Å²) in [6, 6.07) is 11.2. The Balaban J connectivity index is 1.94. The van der Waals surface area contributed by atoms with Crippen molar-refractivity contribution >= 4 is 17.5 Å². The Labute approximate surface area is 195 Å². The van der Waals surface area contributed by atoms with Crippen LogP contribution in [-0.4, -0.2) is 72.6 Å². The van der Waals surface area contributed by atoms with Gasteiger partial charge in [-0.05, 0) is 43.2 Å². The molecule has 1 N–H and O–H groups in total. The average Bonchev–Trinajstić information content (AvgIpc) is 2.80. The van der Waals surface area contributed by atoms with Crippen molar-refractivity contribution in [2.75, 3.05) is 39.2 Å². The van der Waals surface area contributed by atoms with E-state index in [0.29, 0.717) is 36.7 Å². The van der Waals surface area contributed by atoms with Crippen molar-refractivity contribution in [3.63, 3.8) is 0 Å². The highest BCUT2D eigenvalue weighted by Crippen LogP contribution is 2.26. The number of hydrogen-bond acceptors (Lipinski definition) is 6. The lowest BCUT2D eigenvalue weighted by Gasteiger charge is -2.35. The largest absolute Gasteiger partial charge is 0.491 e. The molecular weight excluding hydrogens is 420 g/mol. The van der Waals surface area contributed by atoms with Gasteiger partial charge in [0.2, 0.25) is 5.91 Å². The van der Waals surface area contributed by atoms with Gasteiger partial charge in [-0.25, -0.2) is 0 Å². The molecule has 3 atom stereocenters. The van der Waals surface area contributed by atoms with Gasteiger partial charge >= 0.3 is 0 Å². The van der Waals surface area contributed by atoms with Gasteiger partial charge in [0.1, 0.15) is 12.4 Å². The summed E-state index contributed by atoms with van der Waals surface area (Å²) >= 11 is 0. The van der Waals surface area contributed by atoms with Crippen molar-refractivity contribution in [2.24, 2.45) is 5.92 Å². The van der Waals surface area contributed by atoms with Crippen molar-refractivity contribution < 1.29 is 19.1 Å². The molecule has 0 unspecified atom stereocenters. The van der Waals surface area contributed by atoms with E-state index in [1.165, 1.54) is 6.92 Å². The Morgan fingerprint density at radius 2 is 2.03 bits per heavy atom. The Morgan fingerprint density at radius 3 is 2.70 bits per heavy atom. The molecule has 0 bridgehead atoms. The van der Waals surface area contributed by atoms with Crippen molar-refractivity contribution in [1.82, 2.24) is 14.8 Å². The Bertz CT molecular complexity index is 953. The second-order valence-corrected chi connectivity index (χ2v) is 8.74. The van der Waals surface area contributed by atoms with Crippen LogP contribution in [0.2, 0.25) is 0 Å². The van der Waals surface area contributed by atoms with Crippen LogP contribution >= 0.6 is 0 Å². The zero-order valence-electron chi connectivity index (χ0n) is 20.1. The summed E-state index contributed by atoms with van der Waals surface area (Å²) < 4.78 is 12.0. The third-order valence-corrected chi connectivity index (χ3v) is 5.99. The third kappa shape index (κ3) is 6.52. The molecule has 0 spiro atoms. The number of likely N-dealkylation sites (N-methyl/N-ethyl adjacent to an activating group) is 1. The highest BCUT2D eigenvalue weighted by molar-refractivity contribution is 5.99. The van der Waals surface area contributed by atoms with Crippen LogP contribution in [0.1, 0.15) is 36.8 Å². The molecule has 0 saturated carbocycles. The Hall–Kier alpha value is -2.97. The number of ether oxygens (including phenoxy) is 2. The van der Waals surface area contributed by atoms with Gasteiger partial charge in [-0.1, -0.05) is 13.0 Å². The summed E-state index contributed by atoms with van der Waals surface area (Å²) in [6.07, 6.45) is 1.66. The number of aromatic nitrogens is 1. The van der Waals surface area contributed by atoms with Crippen LogP contribution in [0.25, 0.3) is 0 Å². The second-order valence-electron chi connectivity index (χ2n) is 8.74. The molecule has 0 radical (unpaired) electrons. The van der Waals surface area contributed by atoms with Crippen LogP contribution in [-0.2, 0) is 16.1 Å². The Morgan fingerprint density at radius 1 is 1.24 bits per heavy atom. The van der Waals surface area contributed by atoms with Gasteiger partial charge in [-0.15, -0.1) is 0 Å². The van der Waals surface area contributed by atoms with E-state index in [4.69, 9.17) is 9.47 Å². The first-order chi connectivity index (χ1) is 15.8. The molecule has 8 heteroatoms. The quantitative estimate of drug-likeness (QED) is 0.765. The molecule has 8 nitrogen and oxygen atoms in total. The summed E-state index contributed by atoms with van der Waals surface area (Å²) in [7, 11) is 3.44. The lowest BCUT2D eigenvalue weighted by Crippen LogP contribution is -2.46. The predicted molar refractivity (Wildman–Crippen MR) is 127 cm³/mol. The third-order valence-electron chi connectivity index (χ3n) is 5.99. The number of carbonyl (C=O) groups is 2. The van der Waals surface area contributed by atoms with Gasteiger partial charge in [0.25, 0.3) is 5.91 Å². The number of anilines is 1. The maximum atomic E-state index is 13.3. The first kappa shape index (κ1) is 24.7. The summed E-state index contributed by atoms with van der Waals surface area (Å²) in [5, 5.41) is 2.74. The number of rotatable bonds is 4. The lowest BCUT2D eigenvalue weighted by atomic mass is 10.0. The van der Waals surface area contributed by atoms with Crippen molar-refractivity contribution in [1.29, 1.82) is 0 Å². The van der Waals surface area contributed by atoms with E-state index in [-0.39, 0.29) is 29.9 Å². The maximum absolute atomic E-state index is 13.3. The number of amides is 2. The standard InChI is InChI=1S/C25H34N4O4/c1-17-13-29(14-21-8-6-7-11-26-21)18(2)16-33-23-10-9-20(27-19(3)30)12-22(23)25(31)28(4)15-24(17)32-5/h6-12,17-18,24H,13-16H2,1-5H3,(H,27,30)/t17-,18-,24-/m0/s1. The molecule has 1 aromatic heterocycles. The Kier molecular flexibility index (Phi) is 8.41. The zero-order chi connectivity index (χ0) is 24.0. The number of nitrogens with zero attached hydrogens (tertiary/aromatic N) is 3. The van der Waals surface area contributed by atoms with Gasteiger partial charge < -0.3 is 19.7 Å². The number of methoxy groups -OCH3 is 1. The van der Waals surface area contributed by atoms with E-state index in [9.17, 15) is 9.59 Å². The van der Waals surface area contributed by atoms with E-state index in [2.05, 4.69) is 29.0 Å². The minimum absolute atomic E-state index is 0.0714. The predicted octanol–water partition coefficient (Wildman–Crippen LogP) is 3.05. The molecule has 33 heavy (non-hydrogen) atoms. The smallest absolute Gasteiger partial charge is 0.257 e. The molecule has 0 fully saturated rings. The zero-order valence-corrected chi connectivity index (χ0v) is 20.1. The van der Waals surface area contributed by atoms with Crippen LogP contribution in [0, 0.1) is 5.92 Å². The van der Waals surface area contributed by atoms with Gasteiger partial charge in [0.15, 0.2) is 0 Å². The molecule has 2 heterocycles. The summed E-state index contributed by atoms with van der Waals surface area (Å²) in [5.74, 6) is 0.288. The van der Waals surface area contributed by atoms with Crippen LogP contribution in [0.3, 0.4) is 0 Å². The number of nitrogens with one attached hydrogen (secondary N) is 1. The second kappa shape index (κ2) is 11.2. The van der Waals surface area contributed by atoms with E-state index in [1.54, 1.807) is 43.5 Å². The van der Waals surface area contributed by atoms with Gasteiger partial charge in [-0.2, -0.15) is 0 Å². The topological polar surface area (TPSA) is 84.0 Å². The minimum atomic E-state index is -0.197. The fourth-order valence-corrected chi connectivity index (χ4v) is 4.05. The van der Waals surface area contributed by atoms with Gasteiger partial charge in [0, 0.05) is 58.6 Å². The molecule has 0 aliphatic carbocycles. The summed E-state index contributed by atoms with van der Waals surface area (Å²) in [4.78, 5) is 33.3. The normalized spacial score (nSPS) is 22.5. The summed E-state index contributed by atoms with van der Waals surface area (Å²) in [6.45, 7) is 7.99. The lowest BCUT2D eigenvalue weighted by molar-refractivity contribution is -0.114. The molecule has 2 aromatic rings. The molecule has 1 aliphatic heterocycles. The maximum Gasteiger partial charge on any atom is 0.257 e. The molecular formula is C25H34N4O4. The molecule has 3 rings (SSSR count). The van der Waals surface area contributed by atoms with E-state index in [1.807, 2.05) is 18.2 Å². The van der Waals surface area contributed by atoms with Gasteiger partial charge in [-0.3, -0.25) is 19.5 Å². The number of carbonyl (C=O) groups excluding carboxylic acids is 2. The molecule has 178 valence electrons. The van der Waals surface area contributed by atoms with Crippen LogP contribution in [0.5, 0.6) is 5.75 Å². The van der Waals surface area contributed by atoms with Crippen LogP contribution in [0.15, 0.2) is 42.6 Å². The van der Waals surface area contributed by atoms with E-state index >= 15 is 0 Å².